The molecule has 0 saturated carbocycles. The van der Waals surface area contributed by atoms with Gasteiger partial charge in [0, 0.05) is 49.6 Å². The smallest absolute Gasteiger partial charge is 0.319 e. The van der Waals surface area contributed by atoms with E-state index in [4.69, 9.17) is 28.9 Å². The Morgan fingerprint density at radius 2 is 1.83 bits per heavy atom. The average Bonchev–Trinajstić information content (AvgIpc) is 3.59. The van der Waals surface area contributed by atoms with Crippen LogP contribution in [-0.4, -0.2) is 83.7 Å². The zero-order valence-electron chi connectivity index (χ0n) is 29.5. The minimum atomic E-state index is -0.917. The van der Waals surface area contributed by atoms with Crippen LogP contribution in [0.15, 0.2) is 60.8 Å². The lowest BCUT2D eigenvalue weighted by atomic mass is 9.95. The van der Waals surface area contributed by atoms with E-state index in [0.717, 1.165) is 44.2 Å². The Morgan fingerprint density at radius 1 is 0.925 bits per heavy atom. The normalized spacial score (nSPS) is 23.3. The van der Waals surface area contributed by atoms with Gasteiger partial charge in [0.2, 0.25) is 0 Å². The Labute approximate surface area is 306 Å². The largest absolute Gasteiger partial charge is 0.490 e. The number of alkyl halides is 1. The average molecular weight is 726 g/mol. The number of halogens is 3. The zero-order chi connectivity index (χ0) is 35.9. The van der Waals surface area contributed by atoms with Gasteiger partial charge in [0.05, 0.1) is 30.2 Å². The molecule has 2 aromatic heterocycles. The molecule has 0 N–H and O–H groups in total. The molecule has 5 aliphatic rings. The number of rotatable bonds is 6. The van der Waals surface area contributed by atoms with E-state index in [1.807, 2.05) is 30.3 Å². The summed E-state index contributed by atoms with van der Waals surface area (Å²) in [4.78, 5) is 18.6. The summed E-state index contributed by atoms with van der Waals surface area (Å²) in [5, 5.41) is 1.41. The van der Waals surface area contributed by atoms with Gasteiger partial charge in [0.25, 0.3) is 0 Å². The number of hydrogen-bond acceptors (Lipinski definition) is 9. The molecule has 3 aromatic carbocycles. The van der Waals surface area contributed by atoms with Crippen molar-refractivity contribution in [2.24, 2.45) is 0 Å². The summed E-state index contributed by atoms with van der Waals surface area (Å²) >= 11 is 0. The van der Waals surface area contributed by atoms with Gasteiger partial charge in [0.1, 0.15) is 42.2 Å². The lowest BCUT2D eigenvalue weighted by molar-refractivity contribution is 0.0464. The van der Waals surface area contributed by atoms with Crippen LogP contribution < -0.4 is 19.1 Å². The fourth-order valence-electron chi connectivity index (χ4n) is 8.61. The first-order valence-electron chi connectivity index (χ1n) is 18.7. The molecule has 0 spiro atoms. The van der Waals surface area contributed by atoms with Crippen LogP contribution in [0.25, 0.3) is 32.9 Å². The van der Waals surface area contributed by atoms with E-state index in [-0.39, 0.29) is 48.9 Å². The molecular weight excluding hydrogens is 683 g/mol. The fourth-order valence-corrected chi connectivity index (χ4v) is 8.61. The van der Waals surface area contributed by atoms with Crippen LogP contribution >= 0.6 is 0 Å². The van der Waals surface area contributed by atoms with Gasteiger partial charge in [-0.25, -0.2) is 13.2 Å². The summed E-state index contributed by atoms with van der Waals surface area (Å²) in [6, 6.07) is 16.2. The second-order valence-corrected chi connectivity index (χ2v) is 14.7. The van der Waals surface area contributed by atoms with Gasteiger partial charge in [-0.1, -0.05) is 36.4 Å². The maximum Gasteiger partial charge on any atom is 0.319 e. The fraction of sp³-hybridized carbons (Fsp3) is 0.439. The van der Waals surface area contributed by atoms with Crippen molar-refractivity contribution in [2.75, 3.05) is 50.9 Å². The molecule has 12 heteroatoms. The highest BCUT2D eigenvalue weighted by Crippen LogP contribution is 2.43. The van der Waals surface area contributed by atoms with E-state index >= 15 is 8.78 Å². The molecule has 7 heterocycles. The molecule has 0 amide bonds. The third-order valence-corrected chi connectivity index (χ3v) is 11.2. The Balaban J connectivity index is 1.20. The molecule has 9 nitrogen and oxygen atoms in total. The van der Waals surface area contributed by atoms with Crippen molar-refractivity contribution >= 4 is 27.5 Å². The van der Waals surface area contributed by atoms with Crippen molar-refractivity contribution in [3.63, 3.8) is 0 Å². The quantitative estimate of drug-likeness (QED) is 0.174. The van der Waals surface area contributed by atoms with Crippen LogP contribution in [0.1, 0.15) is 50.5 Å². The van der Waals surface area contributed by atoms with E-state index in [0.29, 0.717) is 72.4 Å². The summed E-state index contributed by atoms with van der Waals surface area (Å²) in [6.45, 7) is 3.55. The summed E-state index contributed by atoms with van der Waals surface area (Å²) in [7, 11) is 0. The third-order valence-electron chi connectivity index (χ3n) is 11.2. The second-order valence-electron chi connectivity index (χ2n) is 14.7. The zero-order valence-corrected chi connectivity index (χ0v) is 29.5. The minimum absolute atomic E-state index is 0.0108. The number of pyridine rings is 1. The molecule has 3 atom stereocenters. The third kappa shape index (κ3) is 6.60. The monoisotopic (exact) mass is 725 g/mol. The first-order chi connectivity index (χ1) is 25.9. The van der Waals surface area contributed by atoms with Crippen LogP contribution in [0, 0.1) is 11.6 Å². The molecular formula is C41H42F3N5O4. The minimum Gasteiger partial charge on any atom is -0.490 e. The summed E-state index contributed by atoms with van der Waals surface area (Å²) in [5.41, 5.74) is 0.833. The Bertz CT molecular complexity index is 2140. The van der Waals surface area contributed by atoms with Gasteiger partial charge in [-0.15, -0.1) is 0 Å². The molecule has 276 valence electrons. The van der Waals surface area contributed by atoms with Crippen molar-refractivity contribution in [1.29, 1.82) is 0 Å². The molecule has 3 fully saturated rings. The van der Waals surface area contributed by atoms with Crippen LogP contribution in [0.4, 0.5) is 19.0 Å². The van der Waals surface area contributed by atoms with Crippen LogP contribution in [0.5, 0.6) is 17.5 Å². The molecule has 0 unspecified atom stereocenters. The first-order valence-corrected chi connectivity index (χ1v) is 18.7. The Morgan fingerprint density at radius 3 is 2.74 bits per heavy atom. The second kappa shape index (κ2) is 14.3. The molecule has 10 rings (SSSR count). The predicted molar refractivity (Wildman–Crippen MR) is 195 cm³/mol. The highest BCUT2D eigenvalue weighted by Gasteiger charge is 2.49. The number of anilines is 1. The van der Waals surface area contributed by atoms with E-state index in [1.54, 1.807) is 24.4 Å². The van der Waals surface area contributed by atoms with Gasteiger partial charge in [0.15, 0.2) is 17.4 Å². The van der Waals surface area contributed by atoms with E-state index in [9.17, 15) is 4.39 Å². The maximum atomic E-state index is 17.4. The van der Waals surface area contributed by atoms with Crippen molar-refractivity contribution in [1.82, 2.24) is 19.9 Å². The van der Waals surface area contributed by atoms with Crippen molar-refractivity contribution in [2.45, 2.75) is 69.4 Å². The molecule has 5 aliphatic heterocycles. The summed E-state index contributed by atoms with van der Waals surface area (Å²) in [6.07, 6.45) is 6.00. The van der Waals surface area contributed by atoms with Crippen molar-refractivity contribution in [3.8, 4) is 28.8 Å². The highest BCUT2D eigenvalue weighted by molar-refractivity contribution is 6.03. The molecule has 5 aromatic rings. The van der Waals surface area contributed by atoms with E-state index in [1.165, 1.54) is 6.07 Å². The number of fused-ring (bicyclic) bond motifs is 6. The van der Waals surface area contributed by atoms with Gasteiger partial charge in [-0.2, -0.15) is 9.97 Å². The van der Waals surface area contributed by atoms with Crippen LogP contribution in [0.3, 0.4) is 0 Å². The Kier molecular flexibility index (Phi) is 9.19. The number of benzene rings is 3. The van der Waals surface area contributed by atoms with E-state index < -0.39 is 23.3 Å². The summed E-state index contributed by atoms with van der Waals surface area (Å²) < 4.78 is 72.8. The highest BCUT2D eigenvalue weighted by atomic mass is 19.1. The maximum absolute atomic E-state index is 17.4. The Hall–Kier alpha value is -4.68. The van der Waals surface area contributed by atoms with Gasteiger partial charge >= 0.3 is 6.01 Å². The number of hydrogen-bond donors (Lipinski definition) is 0. The number of aromatic nitrogens is 3. The molecule has 6 bridgehead atoms. The lowest BCUT2D eigenvalue weighted by Gasteiger charge is -2.31. The topological polar surface area (TPSA) is 82.1 Å². The van der Waals surface area contributed by atoms with Gasteiger partial charge in [-0.05, 0) is 67.8 Å². The van der Waals surface area contributed by atoms with Crippen LogP contribution in [-0.2, 0) is 11.3 Å². The summed E-state index contributed by atoms with van der Waals surface area (Å²) in [5.74, 6) is -0.281. The number of nitrogens with zero attached hydrogens (tertiary/aromatic N) is 5. The molecule has 0 radical (unpaired) electrons. The lowest BCUT2D eigenvalue weighted by Crippen LogP contribution is -2.43. The van der Waals surface area contributed by atoms with Gasteiger partial charge < -0.3 is 23.8 Å². The van der Waals surface area contributed by atoms with Crippen molar-refractivity contribution < 1.29 is 32.1 Å². The SMILES string of the molecule is Fc1ccc2cc(OCc3ccccc3)cc3c2c1OCCCO[C@@H]1CCCCN(C1)c1nc(OC[C@@]24CCCN2C[C@H](F)C4)nc2c(F)c-3ncc12. The first kappa shape index (κ1) is 34.1. The van der Waals surface area contributed by atoms with E-state index in [2.05, 4.69) is 14.8 Å². The van der Waals surface area contributed by atoms with Crippen molar-refractivity contribution in [3.05, 3.63) is 78.0 Å². The standard InChI is InChI=1S/C41H42F3N5O4/c42-28-20-41(13-6-15-49(41)22-28)25-53-40-46-37-32-21-45-36(35(37)44)31-19-30(52-24-26-8-2-1-3-9-26)18-27-11-12-33(43)38(34(27)31)51-17-7-16-50-29-10-4-5-14-48(23-29)39(32)47-40/h1-3,8-9,11-12,18-19,21,28-29H,4-7,10,13-17,20,22-25H2/t28-,29-,41+/m1/s1. The van der Waals surface area contributed by atoms with Gasteiger partial charge in [-0.3, -0.25) is 9.88 Å². The van der Waals surface area contributed by atoms with Crippen LogP contribution in [0.2, 0.25) is 0 Å². The number of ether oxygens (including phenoxy) is 4. The molecule has 0 aliphatic carbocycles. The predicted octanol–water partition coefficient (Wildman–Crippen LogP) is 7.82. The molecule has 53 heavy (non-hydrogen) atoms. The molecule has 3 saturated heterocycles.